The number of halogens is 1. The Balaban J connectivity index is 0.00000480. The van der Waals surface area contributed by atoms with Crippen LogP contribution in [0.4, 0.5) is 0 Å². The first-order chi connectivity index (χ1) is 14.2. The van der Waals surface area contributed by atoms with Crippen LogP contribution in [0.5, 0.6) is 0 Å². The molecule has 6 nitrogen and oxygen atoms in total. The number of likely N-dealkylation sites (N-methyl/N-ethyl adjacent to an activating group) is 1. The molecule has 2 unspecified atom stereocenters. The second-order valence-electron chi connectivity index (χ2n) is 9.31. The summed E-state index contributed by atoms with van der Waals surface area (Å²) in [7, 11) is 0. The number of hydrogen-bond acceptors (Lipinski definition) is 4. The lowest BCUT2D eigenvalue weighted by molar-refractivity contribution is 0.109. The van der Waals surface area contributed by atoms with Gasteiger partial charge in [0.15, 0.2) is 5.96 Å². The quantitative estimate of drug-likeness (QED) is 0.266. The first kappa shape index (κ1) is 28.1. The molecule has 1 aromatic carbocycles. The molecule has 7 heteroatoms. The van der Waals surface area contributed by atoms with Gasteiger partial charge < -0.3 is 20.6 Å². The van der Waals surface area contributed by atoms with Crippen molar-refractivity contribution in [2.45, 2.75) is 59.1 Å². The molecule has 178 valence electrons. The third-order valence-corrected chi connectivity index (χ3v) is 5.96. The maximum absolute atomic E-state index is 10.6. The minimum atomic E-state index is -0.567. The number of rotatable bonds is 8. The molecule has 0 radical (unpaired) electrons. The minimum absolute atomic E-state index is 0. The number of nitrogens with zero attached hydrogens (tertiary/aromatic N) is 3. The van der Waals surface area contributed by atoms with Crippen LogP contribution in [0.3, 0.4) is 0 Å². The lowest BCUT2D eigenvalue weighted by Gasteiger charge is -2.37. The Bertz CT molecular complexity index is 651. The highest BCUT2D eigenvalue weighted by Gasteiger charge is 2.20. The fourth-order valence-corrected chi connectivity index (χ4v) is 3.72. The minimum Gasteiger partial charge on any atom is -0.387 e. The van der Waals surface area contributed by atoms with Gasteiger partial charge in [-0.2, -0.15) is 0 Å². The van der Waals surface area contributed by atoms with Gasteiger partial charge in [0.05, 0.1) is 12.6 Å². The number of piperazine rings is 1. The van der Waals surface area contributed by atoms with Gasteiger partial charge in [-0.1, -0.05) is 52.0 Å². The Morgan fingerprint density at radius 3 is 2.19 bits per heavy atom. The summed E-state index contributed by atoms with van der Waals surface area (Å²) < 4.78 is 0. The molecule has 3 N–H and O–H groups in total. The number of benzene rings is 1. The van der Waals surface area contributed by atoms with Gasteiger partial charge in [-0.05, 0) is 36.9 Å². The lowest BCUT2D eigenvalue weighted by atomic mass is 9.86. The van der Waals surface area contributed by atoms with Gasteiger partial charge in [0.2, 0.25) is 0 Å². The zero-order valence-corrected chi connectivity index (χ0v) is 22.6. The highest BCUT2D eigenvalue weighted by Crippen LogP contribution is 2.23. The molecule has 31 heavy (non-hydrogen) atoms. The molecule has 1 heterocycles. The van der Waals surface area contributed by atoms with E-state index >= 15 is 0 Å². The van der Waals surface area contributed by atoms with E-state index in [1.54, 1.807) is 0 Å². The summed E-state index contributed by atoms with van der Waals surface area (Å²) in [6, 6.07) is 8.67. The SMILES string of the molecule is CCNC(=NCC(C)N1CCN(CC)CC1)NCC(O)c1ccc(C(C)(C)C)cc1.I. The zero-order chi connectivity index (χ0) is 22.1. The number of guanidine groups is 1. The van der Waals surface area contributed by atoms with Crippen molar-refractivity contribution in [1.29, 1.82) is 0 Å². The highest BCUT2D eigenvalue weighted by molar-refractivity contribution is 14.0. The van der Waals surface area contributed by atoms with E-state index in [0.717, 1.165) is 57.3 Å². The number of aliphatic hydroxyl groups is 1. The van der Waals surface area contributed by atoms with Gasteiger partial charge >= 0.3 is 0 Å². The lowest BCUT2D eigenvalue weighted by Crippen LogP contribution is -2.50. The molecule has 2 atom stereocenters. The predicted molar refractivity (Wildman–Crippen MR) is 143 cm³/mol. The van der Waals surface area contributed by atoms with Gasteiger partial charge in [-0.15, -0.1) is 24.0 Å². The van der Waals surface area contributed by atoms with Crippen LogP contribution >= 0.6 is 24.0 Å². The van der Waals surface area contributed by atoms with Gasteiger partial charge in [0.25, 0.3) is 0 Å². The van der Waals surface area contributed by atoms with Crippen LogP contribution in [0.1, 0.15) is 58.8 Å². The first-order valence-corrected chi connectivity index (χ1v) is 11.5. The molecule has 1 saturated heterocycles. The molecule has 0 aliphatic carbocycles. The third kappa shape index (κ3) is 9.24. The normalized spacial score (nSPS) is 18.2. The first-order valence-electron chi connectivity index (χ1n) is 11.5. The van der Waals surface area contributed by atoms with Crippen molar-refractivity contribution in [1.82, 2.24) is 20.4 Å². The Hall–Kier alpha value is -0.900. The van der Waals surface area contributed by atoms with Crippen molar-refractivity contribution in [3.63, 3.8) is 0 Å². The zero-order valence-electron chi connectivity index (χ0n) is 20.3. The van der Waals surface area contributed by atoms with Gasteiger partial charge in [-0.25, -0.2) is 0 Å². The number of nitrogens with one attached hydrogen (secondary N) is 2. The molecule has 1 aromatic rings. The van der Waals surface area contributed by atoms with Crippen molar-refractivity contribution < 1.29 is 5.11 Å². The third-order valence-electron chi connectivity index (χ3n) is 5.96. The standard InChI is InChI=1S/C24H43N5O.HI/c1-7-25-23(26-17-19(3)29-15-13-28(8-2)14-16-29)27-18-22(30)20-9-11-21(12-10-20)24(4,5)6;/h9-12,19,22,30H,7-8,13-18H2,1-6H3,(H2,25,26,27);1H. The summed E-state index contributed by atoms with van der Waals surface area (Å²) in [5.41, 5.74) is 2.32. The molecule has 0 bridgehead atoms. The van der Waals surface area contributed by atoms with E-state index in [1.807, 2.05) is 12.1 Å². The largest absolute Gasteiger partial charge is 0.387 e. The van der Waals surface area contributed by atoms with Gasteiger partial charge in [-0.3, -0.25) is 9.89 Å². The smallest absolute Gasteiger partial charge is 0.191 e. The summed E-state index contributed by atoms with van der Waals surface area (Å²) in [4.78, 5) is 9.78. The number of aliphatic imine (C=N–C) groups is 1. The van der Waals surface area contributed by atoms with E-state index in [4.69, 9.17) is 4.99 Å². The van der Waals surface area contributed by atoms with Crippen LogP contribution in [-0.4, -0.2) is 79.3 Å². The molecular weight excluding hydrogens is 501 g/mol. The molecule has 0 amide bonds. The van der Waals surface area contributed by atoms with Crippen molar-refractivity contribution in [3.05, 3.63) is 35.4 Å². The molecule has 1 aliphatic rings. The monoisotopic (exact) mass is 545 g/mol. The van der Waals surface area contributed by atoms with E-state index < -0.39 is 6.10 Å². The van der Waals surface area contributed by atoms with E-state index in [0.29, 0.717) is 12.6 Å². The average Bonchev–Trinajstić information content (AvgIpc) is 2.74. The fourth-order valence-electron chi connectivity index (χ4n) is 3.72. The molecule has 0 spiro atoms. The fraction of sp³-hybridized carbons (Fsp3) is 0.708. The molecule has 0 saturated carbocycles. The van der Waals surface area contributed by atoms with Crippen molar-refractivity contribution in [3.8, 4) is 0 Å². The van der Waals surface area contributed by atoms with Crippen LogP contribution in [0.15, 0.2) is 29.3 Å². The Labute approximate surface area is 206 Å². The maximum atomic E-state index is 10.6. The summed E-state index contributed by atoms with van der Waals surface area (Å²) >= 11 is 0. The van der Waals surface area contributed by atoms with Crippen LogP contribution in [0, 0.1) is 0 Å². The number of hydrogen-bond donors (Lipinski definition) is 3. The summed E-state index contributed by atoms with van der Waals surface area (Å²) in [5.74, 6) is 0.766. The summed E-state index contributed by atoms with van der Waals surface area (Å²) in [5, 5.41) is 17.2. The number of aliphatic hydroxyl groups excluding tert-OH is 1. The molecule has 2 rings (SSSR count). The second-order valence-corrected chi connectivity index (χ2v) is 9.31. The molecular formula is C24H44IN5O. The van der Waals surface area contributed by atoms with E-state index in [-0.39, 0.29) is 29.4 Å². The van der Waals surface area contributed by atoms with Gasteiger partial charge in [0.1, 0.15) is 0 Å². The van der Waals surface area contributed by atoms with Gasteiger partial charge in [0, 0.05) is 45.3 Å². The van der Waals surface area contributed by atoms with Crippen molar-refractivity contribution >= 4 is 29.9 Å². The average molecular weight is 546 g/mol. The van der Waals surface area contributed by atoms with E-state index in [9.17, 15) is 5.11 Å². The van der Waals surface area contributed by atoms with Crippen LogP contribution in [0.25, 0.3) is 0 Å². The summed E-state index contributed by atoms with van der Waals surface area (Å²) in [6.45, 7) is 20.8. The van der Waals surface area contributed by atoms with Crippen LogP contribution in [0.2, 0.25) is 0 Å². The highest BCUT2D eigenvalue weighted by atomic mass is 127. The Morgan fingerprint density at radius 2 is 1.68 bits per heavy atom. The summed E-state index contributed by atoms with van der Waals surface area (Å²) in [6.07, 6.45) is -0.567. The Morgan fingerprint density at radius 1 is 1.06 bits per heavy atom. The maximum Gasteiger partial charge on any atom is 0.191 e. The van der Waals surface area contributed by atoms with Crippen LogP contribution in [-0.2, 0) is 5.41 Å². The second kappa shape index (κ2) is 13.6. The predicted octanol–water partition coefficient (Wildman–Crippen LogP) is 3.22. The van der Waals surface area contributed by atoms with Crippen molar-refractivity contribution in [2.24, 2.45) is 4.99 Å². The molecule has 1 aliphatic heterocycles. The van der Waals surface area contributed by atoms with Crippen LogP contribution < -0.4 is 10.6 Å². The topological polar surface area (TPSA) is 63.1 Å². The van der Waals surface area contributed by atoms with Crippen molar-refractivity contribution in [2.75, 3.05) is 52.4 Å². The Kier molecular flexibility index (Phi) is 12.3. The molecule has 0 aromatic heterocycles. The van der Waals surface area contributed by atoms with E-state index in [1.165, 1.54) is 5.56 Å². The van der Waals surface area contributed by atoms with E-state index in [2.05, 4.69) is 74.1 Å². The molecule has 1 fully saturated rings.